The maximum Gasteiger partial charge on any atom is 0.408 e. The lowest BCUT2D eigenvalue weighted by Gasteiger charge is -2.22. The Labute approximate surface area is 118 Å². The van der Waals surface area contributed by atoms with Crippen LogP contribution in [0.4, 0.5) is 4.79 Å². The minimum Gasteiger partial charge on any atom is -0.480 e. The Hall–Kier alpha value is -1.79. The Kier molecular flexibility index (Phi) is 4.97. The Morgan fingerprint density at radius 1 is 1.20 bits per heavy atom. The summed E-state index contributed by atoms with van der Waals surface area (Å²) >= 11 is 0. The van der Waals surface area contributed by atoms with E-state index in [0.29, 0.717) is 0 Å². The van der Waals surface area contributed by atoms with E-state index in [0.717, 1.165) is 12.8 Å². The Morgan fingerprint density at radius 2 is 1.75 bits per heavy atom. The maximum atomic E-state index is 11.8. The second-order valence-corrected chi connectivity index (χ2v) is 6.03. The molecule has 1 saturated carbocycles. The van der Waals surface area contributed by atoms with Crippen molar-refractivity contribution in [3.05, 3.63) is 0 Å². The van der Waals surface area contributed by atoms with Gasteiger partial charge in [0.1, 0.15) is 17.7 Å². The van der Waals surface area contributed by atoms with Crippen LogP contribution >= 0.6 is 0 Å². The molecule has 0 heterocycles. The number of hydrogen-bond acceptors (Lipinski definition) is 4. The van der Waals surface area contributed by atoms with Crippen molar-refractivity contribution in [2.45, 2.75) is 58.2 Å². The van der Waals surface area contributed by atoms with Gasteiger partial charge >= 0.3 is 12.1 Å². The lowest BCUT2D eigenvalue weighted by atomic mass is 10.1. The van der Waals surface area contributed by atoms with Crippen LogP contribution in [0.15, 0.2) is 0 Å². The summed E-state index contributed by atoms with van der Waals surface area (Å²) in [6, 6.07) is -1.74. The zero-order valence-corrected chi connectivity index (χ0v) is 12.2. The van der Waals surface area contributed by atoms with Gasteiger partial charge in [-0.05, 0) is 46.5 Å². The van der Waals surface area contributed by atoms with Crippen molar-refractivity contribution in [3.8, 4) is 0 Å². The first-order valence-electron chi connectivity index (χ1n) is 6.63. The number of alkyl carbamates (subject to hydrolysis) is 1. The molecular formula is C13H22N2O5. The van der Waals surface area contributed by atoms with Crippen molar-refractivity contribution in [1.82, 2.24) is 10.6 Å². The summed E-state index contributed by atoms with van der Waals surface area (Å²) in [5.74, 6) is -1.59. The number of hydrogen-bond donors (Lipinski definition) is 3. The van der Waals surface area contributed by atoms with Crippen LogP contribution in [0.1, 0.15) is 40.5 Å². The average molecular weight is 286 g/mol. The second kappa shape index (κ2) is 6.11. The van der Waals surface area contributed by atoms with Crippen molar-refractivity contribution in [3.63, 3.8) is 0 Å². The van der Waals surface area contributed by atoms with E-state index in [9.17, 15) is 14.4 Å². The minimum atomic E-state index is -1.05. The van der Waals surface area contributed by atoms with Gasteiger partial charge in [0, 0.05) is 0 Å². The molecule has 0 radical (unpaired) electrons. The molecule has 20 heavy (non-hydrogen) atoms. The van der Waals surface area contributed by atoms with E-state index < -0.39 is 35.7 Å². The van der Waals surface area contributed by atoms with Crippen LogP contribution in [0, 0.1) is 5.92 Å². The SMILES string of the molecule is C[C@H](NC(=O)OC(C)(C)C)C(=O)NC(C(=O)O)C1CC1. The van der Waals surface area contributed by atoms with Gasteiger partial charge in [0.25, 0.3) is 0 Å². The molecule has 3 N–H and O–H groups in total. The minimum absolute atomic E-state index is 0.00910. The van der Waals surface area contributed by atoms with E-state index in [4.69, 9.17) is 9.84 Å². The number of carbonyl (C=O) groups excluding carboxylic acids is 2. The third-order valence-corrected chi connectivity index (χ3v) is 2.78. The van der Waals surface area contributed by atoms with E-state index in [1.807, 2.05) is 0 Å². The number of rotatable bonds is 5. The first-order chi connectivity index (χ1) is 9.10. The first kappa shape index (κ1) is 16.3. The van der Waals surface area contributed by atoms with Crippen molar-refractivity contribution < 1.29 is 24.2 Å². The Bertz CT molecular complexity index is 398. The second-order valence-electron chi connectivity index (χ2n) is 6.03. The molecule has 1 unspecified atom stereocenters. The predicted molar refractivity (Wildman–Crippen MR) is 71.1 cm³/mol. The van der Waals surface area contributed by atoms with Crippen molar-refractivity contribution in [2.24, 2.45) is 5.92 Å². The zero-order chi connectivity index (χ0) is 15.5. The maximum absolute atomic E-state index is 11.8. The molecule has 2 atom stereocenters. The molecule has 0 spiro atoms. The Balaban J connectivity index is 2.46. The van der Waals surface area contributed by atoms with E-state index in [1.54, 1.807) is 20.8 Å². The molecule has 0 aliphatic heterocycles. The van der Waals surface area contributed by atoms with Crippen molar-refractivity contribution >= 4 is 18.0 Å². The number of amides is 2. The van der Waals surface area contributed by atoms with Gasteiger partial charge in [-0.25, -0.2) is 9.59 Å². The van der Waals surface area contributed by atoms with Crippen molar-refractivity contribution in [2.75, 3.05) is 0 Å². The highest BCUT2D eigenvalue weighted by molar-refractivity contribution is 5.89. The molecule has 1 fully saturated rings. The fourth-order valence-electron chi connectivity index (χ4n) is 1.64. The number of nitrogens with one attached hydrogen (secondary N) is 2. The van der Waals surface area contributed by atoms with Gasteiger partial charge in [-0.1, -0.05) is 0 Å². The average Bonchev–Trinajstić information content (AvgIpc) is 3.05. The highest BCUT2D eigenvalue weighted by atomic mass is 16.6. The lowest BCUT2D eigenvalue weighted by molar-refractivity contribution is -0.142. The summed E-state index contributed by atoms with van der Waals surface area (Å²) in [6.45, 7) is 6.62. The summed E-state index contributed by atoms with van der Waals surface area (Å²) < 4.78 is 5.02. The molecule has 0 saturated heterocycles. The molecule has 0 aromatic rings. The number of ether oxygens (including phenoxy) is 1. The molecule has 1 aliphatic carbocycles. The van der Waals surface area contributed by atoms with E-state index in [1.165, 1.54) is 6.92 Å². The number of carbonyl (C=O) groups is 3. The van der Waals surface area contributed by atoms with Gasteiger partial charge in [-0.15, -0.1) is 0 Å². The van der Waals surface area contributed by atoms with Crippen LogP contribution in [-0.2, 0) is 14.3 Å². The van der Waals surface area contributed by atoms with Gasteiger partial charge in [-0.3, -0.25) is 4.79 Å². The van der Waals surface area contributed by atoms with Gasteiger partial charge in [0.2, 0.25) is 5.91 Å². The van der Waals surface area contributed by atoms with Crippen LogP contribution in [0.5, 0.6) is 0 Å². The molecule has 1 aliphatic rings. The normalized spacial score (nSPS) is 17.8. The van der Waals surface area contributed by atoms with Gasteiger partial charge < -0.3 is 20.5 Å². The van der Waals surface area contributed by atoms with Crippen molar-refractivity contribution in [1.29, 1.82) is 0 Å². The molecule has 0 aromatic carbocycles. The largest absolute Gasteiger partial charge is 0.480 e. The van der Waals surface area contributed by atoms with Gasteiger partial charge in [0.15, 0.2) is 0 Å². The summed E-state index contributed by atoms with van der Waals surface area (Å²) in [5, 5.41) is 13.8. The van der Waals surface area contributed by atoms with Crippen LogP contribution in [0.25, 0.3) is 0 Å². The van der Waals surface area contributed by atoms with Crippen LogP contribution in [0.3, 0.4) is 0 Å². The first-order valence-corrected chi connectivity index (χ1v) is 6.63. The topological polar surface area (TPSA) is 105 Å². The monoisotopic (exact) mass is 286 g/mol. The lowest BCUT2D eigenvalue weighted by Crippen LogP contribution is -2.51. The van der Waals surface area contributed by atoms with Gasteiger partial charge in [0.05, 0.1) is 0 Å². The third kappa shape index (κ3) is 5.46. The van der Waals surface area contributed by atoms with E-state index in [-0.39, 0.29) is 5.92 Å². The molecule has 7 heteroatoms. The molecule has 7 nitrogen and oxygen atoms in total. The fraction of sp³-hybridized carbons (Fsp3) is 0.769. The van der Waals surface area contributed by atoms with Crippen LogP contribution in [0.2, 0.25) is 0 Å². The molecule has 0 aromatic heterocycles. The Morgan fingerprint density at radius 3 is 2.15 bits per heavy atom. The summed E-state index contributed by atoms with van der Waals surface area (Å²) in [4.78, 5) is 34.4. The number of aliphatic carboxylic acids is 1. The van der Waals surface area contributed by atoms with Gasteiger partial charge in [-0.2, -0.15) is 0 Å². The molecule has 2 amide bonds. The molecule has 0 bridgehead atoms. The summed E-state index contributed by atoms with van der Waals surface area (Å²) in [6.07, 6.45) is 0.884. The standard InChI is InChI=1S/C13H22N2O5/c1-7(14-12(19)20-13(2,3)4)10(16)15-9(11(17)18)8-5-6-8/h7-9H,5-6H2,1-4H3,(H,14,19)(H,15,16)(H,17,18)/t7-,9?/m0/s1. The third-order valence-electron chi connectivity index (χ3n) is 2.78. The smallest absolute Gasteiger partial charge is 0.408 e. The quantitative estimate of drug-likeness (QED) is 0.696. The molecule has 1 rings (SSSR count). The highest BCUT2D eigenvalue weighted by Gasteiger charge is 2.38. The number of carboxylic acids is 1. The fourth-order valence-corrected chi connectivity index (χ4v) is 1.64. The van der Waals surface area contributed by atoms with Crippen LogP contribution < -0.4 is 10.6 Å². The molecule has 114 valence electrons. The van der Waals surface area contributed by atoms with Crippen LogP contribution in [-0.4, -0.2) is 40.8 Å². The van der Waals surface area contributed by atoms with E-state index in [2.05, 4.69) is 10.6 Å². The predicted octanol–water partition coefficient (Wildman–Crippen LogP) is 0.879. The highest BCUT2D eigenvalue weighted by Crippen LogP contribution is 2.32. The zero-order valence-electron chi connectivity index (χ0n) is 12.2. The number of carboxylic acid groups (broad SMARTS) is 1. The summed E-state index contributed by atoms with van der Waals surface area (Å²) in [7, 11) is 0. The summed E-state index contributed by atoms with van der Waals surface area (Å²) in [5.41, 5.74) is -0.655. The van der Waals surface area contributed by atoms with E-state index >= 15 is 0 Å². The molecular weight excluding hydrogens is 264 g/mol.